The van der Waals surface area contributed by atoms with Gasteiger partial charge in [0.1, 0.15) is 6.07 Å². The van der Waals surface area contributed by atoms with E-state index in [2.05, 4.69) is 28.5 Å². The van der Waals surface area contributed by atoms with E-state index in [4.69, 9.17) is 11.6 Å². The SMILES string of the molecule is CCCCC([C@H]1CC1C1=CCC(/C(C=O)=C/NC(N)=O)=NN=C1C#N)N(C)N. The molecule has 1 fully saturated rings. The number of nitrogens with two attached hydrogens (primary N) is 2. The van der Waals surface area contributed by atoms with Crippen LogP contribution in [0.4, 0.5) is 4.79 Å². The first-order valence-electron chi connectivity index (χ1n) is 9.37. The molecule has 0 aromatic heterocycles. The molecule has 28 heavy (non-hydrogen) atoms. The van der Waals surface area contributed by atoms with Gasteiger partial charge in [0.15, 0.2) is 12.0 Å². The zero-order valence-electron chi connectivity index (χ0n) is 16.3. The molecular weight excluding hydrogens is 358 g/mol. The highest BCUT2D eigenvalue weighted by Crippen LogP contribution is 2.49. The Kier molecular flexibility index (Phi) is 7.61. The van der Waals surface area contributed by atoms with Crippen LogP contribution in [0, 0.1) is 23.2 Å². The van der Waals surface area contributed by atoms with Gasteiger partial charge in [0.05, 0.1) is 11.3 Å². The van der Waals surface area contributed by atoms with Gasteiger partial charge in [-0.05, 0) is 30.3 Å². The molecule has 1 aliphatic heterocycles. The van der Waals surface area contributed by atoms with Gasteiger partial charge in [-0.15, -0.1) is 5.10 Å². The number of hydrogen-bond donors (Lipinski definition) is 3. The van der Waals surface area contributed by atoms with Crippen LogP contribution in [-0.2, 0) is 4.79 Å². The number of nitriles is 1. The van der Waals surface area contributed by atoms with Gasteiger partial charge in [-0.1, -0.05) is 25.8 Å². The van der Waals surface area contributed by atoms with Crippen LogP contribution in [0.1, 0.15) is 39.0 Å². The summed E-state index contributed by atoms with van der Waals surface area (Å²) in [6.07, 6.45) is 8.14. The van der Waals surface area contributed by atoms with E-state index in [1.165, 1.54) is 6.20 Å². The third kappa shape index (κ3) is 5.34. The summed E-state index contributed by atoms with van der Waals surface area (Å²) in [7, 11) is 1.88. The van der Waals surface area contributed by atoms with E-state index < -0.39 is 6.03 Å². The molecule has 2 aliphatic rings. The fourth-order valence-corrected chi connectivity index (χ4v) is 3.57. The summed E-state index contributed by atoms with van der Waals surface area (Å²) in [5, 5.41) is 21.6. The van der Waals surface area contributed by atoms with Crippen LogP contribution in [0.5, 0.6) is 0 Å². The van der Waals surface area contributed by atoms with Crippen LogP contribution in [0.2, 0.25) is 0 Å². The van der Waals surface area contributed by atoms with Crippen LogP contribution in [0.25, 0.3) is 0 Å². The number of primary amides is 1. The standard InChI is InChI=1S/C19H27N7O2/c1-3-4-5-18(26(2)22)15-8-14(15)13-6-7-16(24-25-17(13)9-20)12(11-27)10-23-19(21)28/h6,10-11,14-15,18H,3-5,7-8,22H2,1-2H3,(H3,21,23,28)/b12-10+/t14?,15-,18?/m0/s1. The minimum absolute atomic E-state index is 0.159. The maximum Gasteiger partial charge on any atom is 0.316 e. The summed E-state index contributed by atoms with van der Waals surface area (Å²) in [5.41, 5.74) is 6.65. The molecule has 2 amide bonds. The van der Waals surface area contributed by atoms with Gasteiger partial charge in [-0.2, -0.15) is 10.4 Å². The molecule has 2 unspecified atom stereocenters. The van der Waals surface area contributed by atoms with Crippen molar-refractivity contribution in [2.24, 2.45) is 33.6 Å². The number of nitrogens with one attached hydrogen (secondary N) is 1. The highest BCUT2D eigenvalue weighted by atomic mass is 16.2. The van der Waals surface area contributed by atoms with Crippen molar-refractivity contribution < 1.29 is 9.59 Å². The third-order valence-electron chi connectivity index (χ3n) is 5.11. The van der Waals surface area contributed by atoms with Crippen molar-refractivity contribution in [1.29, 1.82) is 5.26 Å². The summed E-state index contributed by atoms with van der Waals surface area (Å²) in [5.74, 6) is 6.62. The highest BCUT2D eigenvalue weighted by molar-refractivity contribution is 6.18. The Bertz CT molecular complexity index is 774. The van der Waals surface area contributed by atoms with Gasteiger partial charge in [-0.3, -0.25) is 10.6 Å². The van der Waals surface area contributed by atoms with E-state index in [-0.39, 0.29) is 23.2 Å². The Balaban J connectivity index is 2.19. The average Bonchev–Trinajstić information content (AvgIpc) is 3.45. The van der Waals surface area contributed by atoms with Crippen molar-refractivity contribution in [2.75, 3.05) is 7.05 Å². The zero-order valence-corrected chi connectivity index (χ0v) is 16.3. The molecule has 5 N–H and O–H groups in total. The van der Waals surface area contributed by atoms with Gasteiger partial charge in [0, 0.05) is 25.7 Å². The Morgan fingerprint density at radius 1 is 1.54 bits per heavy atom. The normalized spacial score (nSPS) is 23.0. The predicted octanol–water partition coefficient (Wildman–Crippen LogP) is 1.39. The van der Waals surface area contributed by atoms with E-state index in [1.54, 1.807) is 5.01 Å². The summed E-state index contributed by atoms with van der Waals surface area (Å²) >= 11 is 0. The zero-order chi connectivity index (χ0) is 20.7. The van der Waals surface area contributed by atoms with Crippen molar-refractivity contribution in [3.05, 3.63) is 23.4 Å². The molecule has 2 rings (SSSR count). The second-order valence-electron chi connectivity index (χ2n) is 7.08. The van der Waals surface area contributed by atoms with Gasteiger partial charge in [0.2, 0.25) is 0 Å². The molecule has 0 bridgehead atoms. The highest BCUT2D eigenvalue weighted by Gasteiger charge is 2.47. The van der Waals surface area contributed by atoms with Gasteiger partial charge < -0.3 is 11.1 Å². The molecule has 0 saturated heterocycles. The molecule has 3 atom stereocenters. The summed E-state index contributed by atoms with van der Waals surface area (Å²) in [4.78, 5) is 22.2. The minimum Gasteiger partial charge on any atom is -0.351 e. The molecule has 0 aromatic carbocycles. The molecule has 0 radical (unpaired) electrons. The second kappa shape index (κ2) is 9.92. The Morgan fingerprint density at radius 3 is 2.86 bits per heavy atom. The topological polar surface area (TPSA) is 150 Å². The van der Waals surface area contributed by atoms with Gasteiger partial charge in [0.25, 0.3) is 0 Å². The first-order valence-corrected chi connectivity index (χ1v) is 9.37. The number of nitrogens with zero attached hydrogens (tertiary/aromatic N) is 4. The van der Waals surface area contributed by atoms with Gasteiger partial charge in [-0.25, -0.2) is 9.80 Å². The molecule has 9 nitrogen and oxygen atoms in total. The molecular formula is C19H27N7O2. The molecule has 9 heteroatoms. The molecule has 0 aromatic rings. The number of rotatable bonds is 9. The number of carbonyl (C=O) groups is 2. The summed E-state index contributed by atoms with van der Waals surface area (Å²) in [6.45, 7) is 2.15. The lowest BCUT2D eigenvalue weighted by molar-refractivity contribution is -0.104. The maximum atomic E-state index is 11.3. The van der Waals surface area contributed by atoms with Crippen LogP contribution in [0.15, 0.2) is 33.6 Å². The van der Waals surface area contributed by atoms with E-state index in [1.807, 2.05) is 13.1 Å². The second-order valence-corrected chi connectivity index (χ2v) is 7.08. The first kappa shape index (κ1) is 21.5. The number of unbranched alkanes of at least 4 members (excludes halogenated alkanes) is 1. The van der Waals surface area contributed by atoms with Crippen LogP contribution in [-0.4, -0.2) is 41.8 Å². The average molecular weight is 385 g/mol. The van der Waals surface area contributed by atoms with Gasteiger partial charge >= 0.3 is 6.03 Å². The lowest BCUT2D eigenvalue weighted by Gasteiger charge is -2.24. The van der Waals surface area contributed by atoms with Crippen LogP contribution in [0.3, 0.4) is 0 Å². The van der Waals surface area contributed by atoms with E-state index in [0.717, 1.165) is 31.3 Å². The lowest BCUT2D eigenvalue weighted by atomic mass is 9.97. The van der Waals surface area contributed by atoms with E-state index in [0.29, 0.717) is 24.3 Å². The largest absolute Gasteiger partial charge is 0.351 e. The lowest BCUT2D eigenvalue weighted by Crippen LogP contribution is -2.39. The van der Waals surface area contributed by atoms with Crippen LogP contribution >= 0.6 is 0 Å². The number of aldehydes is 1. The molecule has 1 aliphatic carbocycles. The summed E-state index contributed by atoms with van der Waals surface area (Å²) in [6, 6.07) is 1.58. The van der Waals surface area contributed by atoms with Crippen molar-refractivity contribution in [3.8, 4) is 6.07 Å². The molecule has 0 spiro atoms. The van der Waals surface area contributed by atoms with Crippen molar-refractivity contribution >= 4 is 23.7 Å². The number of carbonyl (C=O) groups excluding carboxylic acids is 2. The number of amides is 2. The fourth-order valence-electron chi connectivity index (χ4n) is 3.57. The Labute approximate surface area is 164 Å². The van der Waals surface area contributed by atoms with E-state index >= 15 is 0 Å². The predicted molar refractivity (Wildman–Crippen MR) is 107 cm³/mol. The molecule has 1 heterocycles. The molecule has 150 valence electrons. The third-order valence-corrected chi connectivity index (χ3v) is 5.11. The van der Waals surface area contributed by atoms with Crippen molar-refractivity contribution in [3.63, 3.8) is 0 Å². The fraction of sp³-hybridized carbons (Fsp3) is 0.526. The smallest absolute Gasteiger partial charge is 0.316 e. The number of allylic oxidation sites excluding steroid dienone is 3. The Hall–Kier alpha value is -2.83. The van der Waals surface area contributed by atoms with E-state index in [9.17, 15) is 14.9 Å². The summed E-state index contributed by atoms with van der Waals surface area (Å²) < 4.78 is 0. The number of hydrogen-bond acceptors (Lipinski definition) is 7. The quantitative estimate of drug-likeness (QED) is 0.237. The first-order chi connectivity index (χ1) is 13.4. The Morgan fingerprint density at radius 2 is 2.29 bits per heavy atom. The maximum absolute atomic E-state index is 11.3. The monoisotopic (exact) mass is 385 g/mol. The van der Waals surface area contributed by atoms with Crippen molar-refractivity contribution in [1.82, 2.24) is 10.3 Å². The minimum atomic E-state index is -0.782. The number of hydrazine groups is 1. The van der Waals surface area contributed by atoms with Crippen molar-refractivity contribution in [2.45, 2.75) is 45.1 Å². The number of urea groups is 1. The van der Waals surface area contributed by atoms with Crippen LogP contribution < -0.4 is 16.9 Å². The molecule has 1 saturated carbocycles.